The number of rotatable bonds is 8. The third kappa shape index (κ3) is 6.40. The van der Waals surface area contributed by atoms with Gasteiger partial charge in [0.05, 0.1) is 19.7 Å². The highest BCUT2D eigenvalue weighted by molar-refractivity contribution is 9.10. The van der Waals surface area contributed by atoms with Crippen LogP contribution in [0.25, 0.3) is 10.9 Å². The van der Waals surface area contributed by atoms with Crippen LogP contribution in [0, 0.1) is 13.8 Å². The van der Waals surface area contributed by atoms with Gasteiger partial charge in [-0.3, -0.25) is 19.8 Å². The highest BCUT2D eigenvalue weighted by Gasteiger charge is 2.21. The van der Waals surface area contributed by atoms with Gasteiger partial charge in [0, 0.05) is 22.1 Å². The maximum Gasteiger partial charge on any atom is 0.328 e. The van der Waals surface area contributed by atoms with Crippen LogP contribution in [0.15, 0.2) is 65.1 Å². The van der Waals surface area contributed by atoms with Gasteiger partial charge in [0.1, 0.15) is 5.69 Å². The van der Waals surface area contributed by atoms with Crippen LogP contribution in [-0.4, -0.2) is 43.2 Å². The van der Waals surface area contributed by atoms with Gasteiger partial charge in [-0.25, -0.2) is 4.68 Å². The van der Waals surface area contributed by atoms with Crippen molar-refractivity contribution in [2.24, 2.45) is 0 Å². The van der Waals surface area contributed by atoms with Crippen molar-refractivity contribution in [3.05, 3.63) is 87.5 Å². The van der Waals surface area contributed by atoms with Crippen LogP contribution in [0.1, 0.15) is 27.2 Å². The number of hydrogen-bond donors (Lipinski definition) is 3. The molecule has 0 radical (unpaired) electrons. The van der Waals surface area contributed by atoms with Gasteiger partial charge in [-0.15, -0.1) is 0 Å². The van der Waals surface area contributed by atoms with E-state index in [1.807, 2.05) is 50.2 Å². The lowest BCUT2D eigenvalue weighted by molar-refractivity contribution is -0.136. The van der Waals surface area contributed by atoms with Crippen molar-refractivity contribution >= 4 is 50.2 Å². The first-order valence-electron chi connectivity index (χ1n) is 12.2. The van der Waals surface area contributed by atoms with E-state index in [0.717, 1.165) is 21.2 Å². The molecule has 0 aliphatic carbocycles. The number of amides is 3. The molecule has 9 nitrogen and oxygen atoms in total. The molecule has 10 heteroatoms. The number of halogens is 1. The van der Waals surface area contributed by atoms with Crippen molar-refractivity contribution in [2.45, 2.75) is 20.3 Å². The van der Waals surface area contributed by atoms with E-state index in [0.29, 0.717) is 34.5 Å². The van der Waals surface area contributed by atoms with Crippen LogP contribution >= 0.6 is 15.9 Å². The molecule has 0 aliphatic rings. The molecular formula is C29H29BrN4O5. The summed E-state index contributed by atoms with van der Waals surface area (Å²) < 4.78 is 12.7. The number of methoxy groups -OCH3 is 2. The van der Waals surface area contributed by atoms with Crippen molar-refractivity contribution in [3.8, 4) is 11.5 Å². The average molecular weight is 593 g/mol. The molecule has 4 aromatic rings. The maximum atomic E-state index is 13.3. The molecule has 1 aromatic heterocycles. The van der Waals surface area contributed by atoms with Crippen molar-refractivity contribution in [1.82, 2.24) is 9.99 Å². The van der Waals surface area contributed by atoms with Gasteiger partial charge in [0.25, 0.3) is 5.91 Å². The fourth-order valence-corrected chi connectivity index (χ4v) is 4.58. The summed E-state index contributed by atoms with van der Waals surface area (Å²) in [7, 11) is 3.11. The fourth-order valence-electron chi connectivity index (χ4n) is 4.20. The summed E-state index contributed by atoms with van der Waals surface area (Å²) in [5.41, 5.74) is 6.86. The number of carbonyl (C=O) groups is 3. The Morgan fingerprint density at radius 2 is 1.64 bits per heavy atom. The van der Waals surface area contributed by atoms with Gasteiger partial charge in [-0.05, 0) is 73.9 Å². The zero-order valence-electron chi connectivity index (χ0n) is 22.1. The van der Waals surface area contributed by atoms with E-state index >= 15 is 0 Å². The SMILES string of the molecule is COc1ccc(CCNC(=O)C(=O)Nn2c(C(=O)Nc3ccc(C)cc3C)cc3cc(Br)ccc32)cc1OC. The first-order chi connectivity index (χ1) is 18.7. The summed E-state index contributed by atoms with van der Waals surface area (Å²) in [6.45, 7) is 4.10. The Balaban J connectivity index is 1.49. The van der Waals surface area contributed by atoms with Crippen molar-refractivity contribution in [2.75, 3.05) is 31.5 Å². The van der Waals surface area contributed by atoms with Gasteiger partial charge >= 0.3 is 11.8 Å². The van der Waals surface area contributed by atoms with E-state index in [1.165, 1.54) is 4.68 Å². The standard InChI is InChI=1S/C29H29BrN4O5/c1-17-5-8-22(18(2)13-17)32-27(35)24-16-20-15-21(30)7-9-23(20)34(24)33-29(37)28(36)31-12-11-19-6-10-25(38-3)26(14-19)39-4/h5-10,13-16H,11-12H2,1-4H3,(H,31,36)(H,32,35)(H,33,37). The minimum absolute atomic E-state index is 0.176. The number of hydrogen-bond acceptors (Lipinski definition) is 5. The molecule has 0 atom stereocenters. The van der Waals surface area contributed by atoms with Crippen LogP contribution in [0.2, 0.25) is 0 Å². The van der Waals surface area contributed by atoms with E-state index in [-0.39, 0.29) is 12.2 Å². The Hall–Kier alpha value is -4.31. The minimum Gasteiger partial charge on any atom is -0.493 e. The average Bonchev–Trinajstić information content (AvgIpc) is 3.27. The van der Waals surface area contributed by atoms with Crippen LogP contribution in [-0.2, 0) is 16.0 Å². The van der Waals surface area contributed by atoms with E-state index < -0.39 is 17.7 Å². The summed E-state index contributed by atoms with van der Waals surface area (Å²) in [6, 6.07) is 18.2. The van der Waals surface area contributed by atoms with Crippen LogP contribution < -0.4 is 25.5 Å². The lowest BCUT2D eigenvalue weighted by Crippen LogP contribution is -2.40. The Morgan fingerprint density at radius 3 is 2.36 bits per heavy atom. The lowest BCUT2D eigenvalue weighted by Gasteiger charge is -2.14. The molecular weight excluding hydrogens is 564 g/mol. The largest absolute Gasteiger partial charge is 0.493 e. The number of aromatic nitrogens is 1. The monoisotopic (exact) mass is 592 g/mol. The van der Waals surface area contributed by atoms with Crippen LogP contribution in [0.3, 0.4) is 0 Å². The maximum absolute atomic E-state index is 13.3. The molecule has 1 heterocycles. The Bertz CT molecular complexity index is 1560. The number of anilines is 1. The third-order valence-corrected chi connectivity index (χ3v) is 6.69. The second-order valence-corrected chi connectivity index (χ2v) is 9.89. The third-order valence-electron chi connectivity index (χ3n) is 6.19. The van der Waals surface area contributed by atoms with E-state index in [2.05, 4.69) is 32.0 Å². The fraction of sp³-hybridized carbons (Fsp3) is 0.207. The van der Waals surface area contributed by atoms with E-state index in [9.17, 15) is 14.4 Å². The number of carbonyl (C=O) groups excluding carboxylic acids is 3. The molecule has 3 aromatic carbocycles. The molecule has 0 unspecified atom stereocenters. The zero-order valence-corrected chi connectivity index (χ0v) is 23.6. The molecule has 3 amide bonds. The van der Waals surface area contributed by atoms with Crippen molar-refractivity contribution in [1.29, 1.82) is 0 Å². The molecule has 39 heavy (non-hydrogen) atoms. The van der Waals surface area contributed by atoms with Crippen molar-refractivity contribution in [3.63, 3.8) is 0 Å². The number of aryl methyl sites for hydroxylation is 2. The van der Waals surface area contributed by atoms with Gasteiger partial charge in [-0.1, -0.05) is 39.7 Å². The lowest BCUT2D eigenvalue weighted by atomic mass is 10.1. The summed E-state index contributed by atoms with van der Waals surface area (Å²) >= 11 is 3.44. The highest BCUT2D eigenvalue weighted by atomic mass is 79.9. The Kier molecular flexibility index (Phi) is 8.55. The number of benzene rings is 3. The first kappa shape index (κ1) is 27.7. The summed E-state index contributed by atoms with van der Waals surface area (Å²) in [6.07, 6.45) is 0.476. The quantitative estimate of drug-likeness (QED) is 0.256. The van der Waals surface area contributed by atoms with Crippen LogP contribution in [0.4, 0.5) is 5.69 Å². The minimum atomic E-state index is -0.900. The first-order valence-corrected chi connectivity index (χ1v) is 13.0. The number of fused-ring (bicyclic) bond motifs is 1. The predicted molar refractivity (Wildman–Crippen MR) is 154 cm³/mol. The molecule has 3 N–H and O–H groups in total. The van der Waals surface area contributed by atoms with Crippen LogP contribution in [0.5, 0.6) is 11.5 Å². The molecule has 0 fully saturated rings. The Morgan fingerprint density at radius 1 is 0.872 bits per heavy atom. The molecule has 4 rings (SSSR count). The smallest absolute Gasteiger partial charge is 0.328 e. The topological polar surface area (TPSA) is 111 Å². The van der Waals surface area contributed by atoms with Crippen molar-refractivity contribution < 1.29 is 23.9 Å². The van der Waals surface area contributed by atoms with E-state index in [4.69, 9.17) is 9.47 Å². The molecule has 0 aliphatic heterocycles. The Labute approximate surface area is 234 Å². The van der Waals surface area contributed by atoms with Gasteiger partial charge < -0.3 is 20.1 Å². The predicted octanol–water partition coefficient (Wildman–Crippen LogP) is 4.72. The molecule has 202 valence electrons. The summed E-state index contributed by atoms with van der Waals surface area (Å²) in [5, 5.41) is 6.24. The number of nitrogens with one attached hydrogen (secondary N) is 3. The normalized spacial score (nSPS) is 10.7. The second-order valence-electron chi connectivity index (χ2n) is 8.98. The zero-order chi connectivity index (χ0) is 28.1. The summed E-state index contributed by atoms with van der Waals surface area (Å²) in [4.78, 5) is 38.8. The highest BCUT2D eigenvalue weighted by Crippen LogP contribution is 2.28. The molecule has 0 spiro atoms. The molecule has 0 bridgehead atoms. The summed E-state index contributed by atoms with van der Waals surface area (Å²) in [5.74, 6) is -0.966. The molecule has 0 saturated heterocycles. The molecule has 0 saturated carbocycles. The van der Waals surface area contributed by atoms with Gasteiger partial charge in [0.15, 0.2) is 11.5 Å². The second kappa shape index (κ2) is 12.0. The van der Waals surface area contributed by atoms with E-state index in [1.54, 1.807) is 38.5 Å². The number of nitrogens with zero attached hydrogens (tertiary/aromatic N) is 1. The van der Waals surface area contributed by atoms with Gasteiger partial charge in [-0.2, -0.15) is 0 Å². The number of ether oxygens (including phenoxy) is 2. The van der Waals surface area contributed by atoms with Gasteiger partial charge in [0.2, 0.25) is 0 Å².